The summed E-state index contributed by atoms with van der Waals surface area (Å²) in [6, 6.07) is 1.20. The molecular formula is C7H2Br3FO2. The van der Waals surface area contributed by atoms with Crippen molar-refractivity contribution in [2.75, 3.05) is 0 Å². The normalized spacial score (nSPS) is 10.2. The smallest absolute Gasteiger partial charge is 0.338 e. The Morgan fingerprint density at radius 3 is 2.31 bits per heavy atom. The summed E-state index contributed by atoms with van der Waals surface area (Å²) < 4.78 is 14.2. The highest BCUT2D eigenvalue weighted by Crippen LogP contribution is 2.34. The molecule has 0 atom stereocenters. The fourth-order valence-electron chi connectivity index (χ4n) is 0.728. The third-order valence-electron chi connectivity index (χ3n) is 1.33. The van der Waals surface area contributed by atoms with Crippen LogP contribution in [0.15, 0.2) is 19.5 Å². The lowest BCUT2D eigenvalue weighted by Crippen LogP contribution is -2.01. The number of aromatic carboxylic acids is 1. The van der Waals surface area contributed by atoms with Gasteiger partial charge in [0.1, 0.15) is 0 Å². The second-order valence-corrected chi connectivity index (χ2v) is 4.59. The van der Waals surface area contributed by atoms with E-state index in [1.807, 2.05) is 0 Å². The Labute approximate surface area is 98.5 Å². The molecule has 0 aliphatic rings. The molecule has 0 fully saturated rings. The summed E-state index contributed by atoms with van der Waals surface area (Å²) in [6.45, 7) is 0. The first-order valence-corrected chi connectivity index (χ1v) is 5.39. The molecule has 0 bridgehead atoms. The van der Waals surface area contributed by atoms with Crippen LogP contribution in [0.1, 0.15) is 10.4 Å². The lowest BCUT2D eigenvalue weighted by Gasteiger charge is -2.04. The number of carboxylic acids is 1. The van der Waals surface area contributed by atoms with Gasteiger partial charge < -0.3 is 5.11 Å². The summed E-state index contributed by atoms with van der Waals surface area (Å²) in [6.07, 6.45) is 0. The molecule has 0 aliphatic carbocycles. The van der Waals surface area contributed by atoms with Gasteiger partial charge in [-0.05, 0) is 53.9 Å². The highest BCUT2D eigenvalue weighted by Gasteiger charge is 2.17. The average Bonchev–Trinajstić information content (AvgIpc) is 2.07. The molecule has 0 saturated heterocycles. The molecule has 0 spiro atoms. The minimum atomic E-state index is -1.30. The number of hydrogen-bond acceptors (Lipinski definition) is 1. The van der Waals surface area contributed by atoms with Crippen molar-refractivity contribution in [2.24, 2.45) is 0 Å². The quantitative estimate of drug-likeness (QED) is 0.597. The zero-order valence-corrected chi connectivity index (χ0v) is 10.7. The first-order chi connectivity index (χ1) is 5.95. The largest absolute Gasteiger partial charge is 0.478 e. The lowest BCUT2D eigenvalue weighted by atomic mass is 10.2. The molecule has 6 heteroatoms. The maximum atomic E-state index is 13.2. The van der Waals surface area contributed by atoms with Gasteiger partial charge in [-0.15, -0.1) is 0 Å². The van der Waals surface area contributed by atoms with Gasteiger partial charge in [0.15, 0.2) is 5.82 Å². The maximum absolute atomic E-state index is 13.2. The topological polar surface area (TPSA) is 37.3 Å². The summed E-state index contributed by atoms with van der Waals surface area (Å²) >= 11 is 9.11. The van der Waals surface area contributed by atoms with E-state index in [-0.39, 0.29) is 10.0 Å². The van der Waals surface area contributed by atoms with Crippen LogP contribution in [-0.4, -0.2) is 11.1 Å². The fourth-order valence-corrected chi connectivity index (χ4v) is 2.14. The van der Waals surface area contributed by atoms with E-state index in [2.05, 4.69) is 47.8 Å². The number of hydrogen-bond donors (Lipinski definition) is 1. The predicted molar refractivity (Wildman–Crippen MR) is 56.5 cm³/mol. The maximum Gasteiger partial charge on any atom is 0.338 e. The summed E-state index contributed by atoms with van der Waals surface area (Å²) in [5.74, 6) is -2.09. The SMILES string of the molecule is O=C(O)c1cc(Br)c(Br)c(Br)c1F. The molecule has 70 valence electrons. The summed E-state index contributed by atoms with van der Waals surface area (Å²) in [7, 11) is 0. The minimum Gasteiger partial charge on any atom is -0.478 e. The van der Waals surface area contributed by atoms with Crippen LogP contribution in [0.5, 0.6) is 0 Å². The Balaban J connectivity index is 3.50. The number of carboxylic acid groups (broad SMARTS) is 1. The van der Waals surface area contributed by atoms with E-state index in [0.717, 1.165) is 0 Å². The van der Waals surface area contributed by atoms with E-state index in [1.165, 1.54) is 6.07 Å². The number of carbonyl (C=O) groups is 1. The second kappa shape index (κ2) is 4.06. The van der Waals surface area contributed by atoms with Gasteiger partial charge in [-0.1, -0.05) is 0 Å². The van der Waals surface area contributed by atoms with Gasteiger partial charge in [0, 0.05) is 8.95 Å². The molecule has 0 aliphatic heterocycles. The molecule has 0 saturated carbocycles. The first kappa shape index (κ1) is 11.1. The molecule has 13 heavy (non-hydrogen) atoms. The van der Waals surface area contributed by atoms with Gasteiger partial charge in [0.25, 0.3) is 0 Å². The summed E-state index contributed by atoms with van der Waals surface area (Å²) in [4.78, 5) is 10.5. The van der Waals surface area contributed by atoms with Gasteiger partial charge in [0.2, 0.25) is 0 Å². The Kier molecular flexibility index (Phi) is 3.48. The molecule has 0 unspecified atom stereocenters. The van der Waals surface area contributed by atoms with Crippen molar-refractivity contribution < 1.29 is 14.3 Å². The summed E-state index contributed by atoms with van der Waals surface area (Å²) in [5, 5.41) is 8.61. The molecule has 2 nitrogen and oxygen atoms in total. The van der Waals surface area contributed by atoms with Crippen LogP contribution < -0.4 is 0 Å². The fraction of sp³-hybridized carbons (Fsp3) is 0. The van der Waals surface area contributed by atoms with E-state index in [9.17, 15) is 9.18 Å². The number of rotatable bonds is 1. The highest BCUT2D eigenvalue weighted by atomic mass is 79.9. The second-order valence-electron chi connectivity index (χ2n) is 2.15. The molecule has 0 heterocycles. The van der Waals surface area contributed by atoms with Crippen LogP contribution >= 0.6 is 47.8 Å². The third kappa shape index (κ3) is 2.11. The van der Waals surface area contributed by atoms with Crippen LogP contribution in [0.3, 0.4) is 0 Å². The Morgan fingerprint density at radius 1 is 1.31 bits per heavy atom. The third-order valence-corrected chi connectivity index (χ3v) is 4.59. The standard InChI is InChI=1S/C7H2Br3FO2/c8-3-1-2(7(12)13)6(11)5(10)4(3)9/h1H,(H,12,13). The van der Waals surface area contributed by atoms with Crippen molar-refractivity contribution in [3.05, 3.63) is 30.9 Å². The Morgan fingerprint density at radius 2 is 1.85 bits per heavy atom. The summed E-state index contributed by atoms with van der Waals surface area (Å²) in [5.41, 5.74) is -0.373. The number of halogens is 4. The molecule has 1 aromatic carbocycles. The van der Waals surface area contributed by atoms with Crippen LogP contribution in [0.25, 0.3) is 0 Å². The Hall–Kier alpha value is 0.0600. The van der Waals surface area contributed by atoms with Crippen molar-refractivity contribution >= 4 is 53.8 Å². The van der Waals surface area contributed by atoms with Crippen molar-refractivity contribution in [1.29, 1.82) is 0 Å². The molecule has 0 aromatic heterocycles. The van der Waals surface area contributed by atoms with Crippen LogP contribution in [-0.2, 0) is 0 Å². The Bertz CT molecular complexity index is 378. The van der Waals surface area contributed by atoms with Gasteiger partial charge >= 0.3 is 5.97 Å². The molecular weight excluding hydrogens is 375 g/mol. The average molecular weight is 377 g/mol. The predicted octanol–water partition coefficient (Wildman–Crippen LogP) is 3.81. The zero-order chi connectivity index (χ0) is 10.2. The van der Waals surface area contributed by atoms with Crippen molar-refractivity contribution in [2.45, 2.75) is 0 Å². The molecule has 1 rings (SSSR count). The van der Waals surface area contributed by atoms with Crippen LogP contribution in [0, 0.1) is 5.82 Å². The van der Waals surface area contributed by atoms with E-state index >= 15 is 0 Å². The molecule has 1 aromatic rings. The molecule has 0 radical (unpaired) electrons. The minimum absolute atomic E-state index is 0.0966. The first-order valence-electron chi connectivity index (χ1n) is 3.01. The highest BCUT2D eigenvalue weighted by molar-refractivity contribution is 9.14. The lowest BCUT2D eigenvalue weighted by molar-refractivity contribution is 0.0691. The number of benzene rings is 1. The van der Waals surface area contributed by atoms with Crippen molar-refractivity contribution in [1.82, 2.24) is 0 Å². The van der Waals surface area contributed by atoms with Gasteiger partial charge in [-0.3, -0.25) is 0 Å². The van der Waals surface area contributed by atoms with E-state index in [0.29, 0.717) is 8.95 Å². The van der Waals surface area contributed by atoms with Crippen molar-refractivity contribution in [3.8, 4) is 0 Å². The van der Waals surface area contributed by atoms with Crippen LogP contribution in [0.4, 0.5) is 4.39 Å². The van der Waals surface area contributed by atoms with Gasteiger partial charge in [-0.25, -0.2) is 9.18 Å². The zero-order valence-electron chi connectivity index (χ0n) is 5.94. The van der Waals surface area contributed by atoms with Gasteiger partial charge in [-0.2, -0.15) is 0 Å². The van der Waals surface area contributed by atoms with E-state index < -0.39 is 11.8 Å². The van der Waals surface area contributed by atoms with Crippen LogP contribution in [0.2, 0.25) is 0 Å². The van der Waals surface area contributed by atoms with E-state index in [4.69, 9.17) is 5.11 Å². The molecule has 1 N–H and O–H groups in total. The monoisotopic (exact) mass is 374 g/mol. The van der Waals surface area contributed by atoms with E-state index in [1.54, 1.807) is 0 Å². The van der Waals surface area contributed by atoms with Gasteiger partial charge in [0.05, 0.1) is 10.0 Å². The molecule has 0 amide bonds. The van der Waals surface area contributed by atoms with Crippen molar-refractivity contribution in [3.63, 3.8) is 0 Å².